The van der Waals surface area contributed by atoms with E-state index in [2.05, 4.69) is 39.5 Å². The van der Waals surface area contributed by atoms with Crippen molar-refractivity contribution in [3.8, 4) is 11.5 Å². The van der Waals surface area contributed by atoms with Crippen molar-refractivity contribution in [3.63, 3.8) is 0 Å². The Bertz CT molecular complexity index is 693. The fraction of sp³-hybridized carbons (Fsp3) is 0.435. The van der Waals surface area contributed by atoms with Crippen molar-refractivity contribution in [3.05, 3.63) is 59.7 Å². The van der Waals surface area contributed by atoms with E-state index < -0.39 is 0 Å². The first-order valence-corrected chi connectivity index (χ1v) is 9.14. The van der Waals surface area contributed by atoms with Crippen molar-refractivity contribution in [2.45, 2.75) is 59.8 Å². The normalized spacial score (nSPS) is 13.8. The molecule has 2 N–H and O–H groups in total. The van der Waals surface area contributed by atoms with Crippen LogP contribution in [0.5, 0.6) is 11.5 Å². The first-order chi connectivity index (χ1) is 12.2. The fourth-order valence-electron chi connectivity index (χ4n) is 2.82. The fourth-order valence-corrected chi connectivity index (χ4v) is 2.82. The molecule has 0 spiro atoms. The zero-order valence-electron chi connectivity index (χ0n) is 16.5. The lowest BCUT2D eigenvalue weighted by molar-refractivity contribution is 0.0937. The van der Waals surface area contributed by atoms with E-state index in [-0.39, 0.29) is 34.7 Å². The van der Waals surface area contributed by atoms with Crippen LogP contribution in [0.2, 0.25) is 0 Å². The van der Waals surface area contributed by atoms with E-state index in [0.29, 0.717) is 0 Å². The van der Waals surface area contributed by atoms with Crippen molar-refractivity contribution < 1.29 is 15.0 Å². The number of carbonyl (C=O) groups excluding carboxylic acids is 1. The van der Waals surface area contributed by atoms with Gasteiger partial charge in [0.1, 0.15) is 11.5 Å². The van der Waals surface area contributed by atoms with Gasteiger partial charge in [0.25, 0.3) is 0 Å². The summed E-state index contributed by atoms with van der Waals surface area (Å²) >= 11 is 0. The average Bonchev–Trinajstić information content (AvgIpc) is 2.54. The summed E-state index contributed by atoms with van der Waals surface area (Å²) < 4.78 is 0. The van der Waals surface area contributed by atoms with Crippen LogP contribution >= 0.6 is 0 Å². The van der Waals surface area contributed by atoms with Gasteiger partial charge in [-0.2, -0.15) is 0 Å². The third kappa shape index (κ3) is 7.30. The molecule has 26 heavy (non-hydrogen) atoms. The van der Waals surface area contributed by atoms with Crippen molar-refractivity contribution >= 4 is 5.78 Å². The number of ketones is 1. The third-order valence-corrected chi connectivity index (χ3v) is 4.64. The molecular weight excluding hydrogens is 324 g/mol. The lowest BCUT2D eigenvalue weighted by atomic mass is 9.79. The quantitative estimate of drug-likeness (QED) is 0.380. The maximum Gasteiger partial charge on any atom is 0.167 e. The van der Waals surface area contributed by atoms with Crippen LogP contribution in [0.3, 0.4) is 0 Å². The van der Waals surface area contributed by atoms with E-state index in [1.165, 1.54) is 29.3 Å². The highest BCUT2D eigenvalue weighted by Gasteiger charge is 2.25. The van der Waals surface area contributed by atoms with Gasteiger partial charge >= 0.3 is 0 Å². The molecule has 1 rings (SSSR count). The molecule has 0 fully saturated rings. The summed E-state index contributed by atoms with van der Waals surface area (Å²) in [6.45, 7) is 12.3. The second kappa shape index (κ2) is 10.0. The number of phenolic OH excluding ortho intramolecular Hbond substituents is 2. The summed E-state index contributed by atoms with van der Waals surface area (Å²) in [6, 6.07) is 4.07. The van der Waals surface area contributed by atoms with E-state index in [1.807, 2.05) is 13.0 Å². The molecule has 0 bridgehead atoms. The molecule has 0 aliphatic rings. The number of allylic oxidation sites excluding steroid dienone is 5. The molecule has 3 nitrogen and oxygen atoms in total. The van der Waals surface area contributed by atoms with Crippen LogP contribution in [0.4, 0.5) is 0 Å². The molecule has 0 heterocycles. The van der Waals surface area contributed by atoms with Gasteiger partial charge in [0.15, 0.2) is 5.78 Å². The smallest absolute Gasteiger partial charge is 0.167 e. The minimum atomic E-state index is -0.335. The highest BCUT2D eigenvalue weighted by Crippen LogP contribution is 2.33. The standard InChI is InChI=1S/C23H32O3/c1-6-23(5,14-8-11-18(4)10-7-9-17(2)3)16-22(26)20-13-12-19(24)15-21(20)25/h6,9,11-13,15,24-25H,1,7-8,10,14,16H2,2-5H3/b18-11+. The Labute approximate surface area is 157 Å². The zero-order valence-corrected chi connectivity index (χ0v) is 16.5. The lowest BCUT2D eigenvalue weighted by Gasteiger charge is -2.24. The number of carbonyl (C=O) groups is 1. The summed E-state index contributed by atoms with van der Waals surface area (Å²) in [5.74, 6) is -0.384. The predicted molar refractivity (Wildman–Crippen MR) is 109 cm³/mol. The minimum absolute atomic E-state index is 0.0562. The molecule has 1 aromatic rings. The first kappa shape index (κ1) is 21.8. The van der Waals surface area contributed by atoms with Gasteiger partial charge in [-0.05, 0) is 64.0 Å². The Morgan fingerprint density at radius 1 is 1.15 bits per heavy atom. The molecule has 0 aliphatic carbocycles. The van der Waals surface area contributed by atoms with Gasteiger partial charge in [-0.1, -0.05) is 36.3 Å². The average molecular weight is 357 g/mol. The first-order valence-electron chi connectivity index (χ1n) is 9.14. The maximum atomic E-state index is 12.5. The summed E-state index contributed by atoms with van der Waals surface area (Å²) in [6.07, 6.45) is 10.4. The number of phenols is 2. The molecule has 1 aromatic carbocycles. The Hall–Kier alpha value is -2.29. The SMILES string of the molecule is C=CC(C)(CC/C=C(\C)CCC=C(C)C)CC(=O)c1ccc(O)cc1O. The van der Waals surface area contributed by atoms with Gasteiger partial charge in [0.05, 0.1) is 5.56 Å². The second-order valence-electron chi connectivity index (χ2n) is 7.57. The summed E-state index contributed by atoms with van der Waals surface area (Å²) in [7, 11) is 0. The Kier molecular flexibility index (Phi) is 8.37. The van der Waals surface area contributed by atoms with E-state index in [9.17, 15) is 15.0 Å². The van der Waals surface area contributed by atoms with E-state index in [1.54, 1.807) is 0 Å². The highest BCUT2D eigenvalue weighted by atomic mass is 16.3. The molecule has 0 saturated heterocycles. The Balaban J connectivity index is 2.66. The Morgan fingerprint density at radius 2 is 1.85 bits per heavy atom. The van der Waals surface area contributed by atoms with Crippen LogP contribution in [0.25, 0.3) is 0 Å². The molecule has 0 aromatic heterocycles. The number of Topliss-reactive ketones (excluding diaryl/α,β-unsaturated/α-hetero) is 1. The summed E-state index contributed by atoms with van der Waals surface area (Å²) in [5.41, 5.74) is 2.60. The van der Waals surface area contributed by atoms with Gasteiger partial charge < -0.3 is 10.2 Å². The second-order valence-corrected chi connectivity index (χ2v) is 7.57. The van der Waals surface area contributed by atoms with Crippen LogP contribution in [0, 0.1) is 5.41 Å². The van der Waals surface area contributed by atoms with Gasteiger partial charge in [-0.15, -0.1) is 6.58 Å². The third-order valence-electron chi connectivity index (χ3n) is 4.64. The van der Waals surface area contributed by atoms with E-state index >= 15 is 0 Å². The maximum absolute atomic E-state index is 12.5. The van der Waals surface area contributed by atoms with Crippen molar-refractivity contribution in [1.82, 2.24) is 0 Å². The van der Waals surface area contributed by atoms with Crippen LogP contribution in [0.1, 0.15) is 70.2 Å². The minimum Gasteiger partial charge on any atom is -0.508 e. The molecule has 3 heteroatoms. The van der Waals surface area contributed by atoms with Gasteiger partial charge in [-0.3, -0.25) is 4.79 Å². The topological polar surface area (TPSA) is 57.5 Å². The predicted octanol–water partition coefficient (Wildman–Crippen LogP) is 6.34. The van der Waals surface area contributed by atoms with Crippen LogP contribution in [0.15, 0.2) is 54.2 Å². The van der Waals surface area contributed by atoms with E-state index in [4.69, 9.17) is 0 Å². The molecule has 0 aliphatic heterocycles. The van der Waals surface area contributed by atoms with E-state index in [0.717, 1.165) is 25.7 Å². The van der Waals surface area contributed by atoms with Crippen molar-refractivity contribution in [1.29, 1.82) is 0 Å². The molecule has 0 radical (unpaired) electrons. The Morgan fingerprint density at radius 3 is 2.42 bits per heavy atom. The molecule has 142 valence electrons. The van der Waals surface area contributed by atoms with Gasteiger partial charge in [-0.25, -0.2) is 0 Å². The van der Waals surface area contributed by atoms with Crippen LogP contribution in [-0.2, 0) is 0 Å². The summed E-state index contributed by atoms with van der Waals surface area (Å²) in [5, 5.41) is 19.2. The van der Waals surface area contributed by atoms with Crippen molar-refractivity contribution in [2.75, 3.05) is 0 Å². The molecule has 1 unspecified atom stereocenters. The number of rotatable bonds is 10. The number of hydrogen-bond donors (Lipinski definition) is 2. The molecule has 1 atom stereocenters. The van der Waals surface area contributed by atoms with Gasteiger partial charge in [0.2, 0.25) is 0 Å². The molecular formula is C23H32O3. The zero-order chi connectivity index (χ0) is 19.7. The monoisotopic (exact) mass is 356 g/mol. The molecule has 0 saturated carbocycles. The number of aromatic hydroxyl groups is 2. The number of hydrogen-bond acceptors (Lipinski definition) is 3. The van der Waals surface area contributed by atoms with Crippen LogP contribution < -0.4 is 0 Å². The van der Waals surface area contributed by atoms with Crippen molar-refractivity contribution in [2.24, 2.45) is 5.41 Å². The lowest BCUT2D eigenvalue weighted by Crippen LogP contribution is -2.18. The van der Waals surface area contributed by atoms with Crippen LogP contribution in [-0.4, -0.2) is 16.0 Å². The summed E-state index contributed by atoms with van der Waals surface area (Å²) in [4.78, 5) is 12.5. The molecule has 0 amide bonds. The highest BCUT2D eigenvalue weighted by molar-refractivity contribution is 5.99. The largest absolute Gasteiger partial charge is 0.508 e. The van der Waals surface area contributed by atoms with Gasteiger partial charge in [0, 0.05) is 12.5 Å². The number of benzene rings is 1.